The van der Waals surface area contributed by atoms with Gasteiger partial charge in [-0.3, -0.25) is 9.69 Å². The van der Waals surface area contributed by atoms with E-state index in [1.165, 1.54) is 4.90 Å². The summed E-state index contributed by atoms with van der Waals surface area (Å²) in [4.78, 5) is 26.1. The van der Waals surface area contributed by atoms with Crippen LogP contribution < -0.4 is 5.32 Å². The van der Waals surface area contributed by atoms with E-state index < -0.39 is 11.6 Å². The van der Waals surface area contributed by atoms with E-state index in [0.29, 0.717) is 18.4 Å². The molecule has 5 heteroatoms. The van der Waals surface area contributed by atoms with Crippen molar-refractivity contribution in [3.8, 4) is 0 Å². The van der Waals surface area contributed by atoms with Crippen LogP contribution in [0.25, 0.3) is 0 Å². The minimum atomic E-state index is -0.850. The van der Waals surface area contributed by atoms with Gasteiger partial charge in [-0.25, -0.2) is 4.79 Å². The van der Waals surface area contributed by atoms with Crippen molar-refractivity contribution < 1.29 is 14.7 Å². The Balaban J connectivity index is 1.74. The largest absolute Gasteiger partial charge is 0.387 e. The normalized spacial score (nSPS) is 22.5. The average molecular weight is 302 g/mol. The highest BCUT2D eigenvalue weighted by Gasteiger charge is 2.50. The van der Waals surface area contributed by atoms with Crippen molar-refractivity contribution in [2.45, 2.75) is 50.2 Å². The van der Waals surface area contributed by atoms with Gasteiger partial charge in [-0.05, 0) is 18.4 Å². The van der Waals surface area contributed by atoms with E-state index in [0.717, 1.165) is 25.7 Å². The number of rotatable bonds is 3. The van der Waals surface area contributed by atoms with Crippen LogP contribution in [0, 0.1) is 0 Å². The topological polar surface area (TPSA) is 69.6 Å². The van der Waals surface area contributed by atoms with Gasteiger partial charge in [0.15, 0.2) is 0 Å². The molecule has 2 fully saturated rings. The molecule has 0 radical (unpaired) electrons. The summed E-state index contributed by atoms with van der Waals surface area (Å²) in [6.45, 7) is 0.0103. The number of aliphatic hydroxyl groups excluding tert-OH is 1. The Hall–Kier alpha value is -1.88. The van der Waals surface area contributed by atoms with Gasteiger partial charge in [0, 0.05) is 0 Å². The summed E-state index contributed by atoms with van der Waals surface area (Å²) in [5, 5.41) is 13.2. The van der Waals surface area contributed by atoms with E-state index in [-0.39, 0.29) is 18.5 Å². The second-order valence-electron chi connectivity index (χ2n) is 6.27. The lowest BCUT2D eigenvalue weighted by atomic mass is 9.90. The first kappa shape index (κ1) is 15.0. The molecule has 1 atom stereocenters. The van der Waals surface area contributed by atoms with E-state index >= 15 is 0 Å². The fraction of sp³-hybridized carbons (Fsp3) is 0.529. The van der Waals surface area contributed by atoms with Crippen LogP contribution in [0.5, 0.6) is 0 Å². The number of β-amino-alcohol motifs (C(OH)–C–C–N with tert-alkyl or cyclic N) is 1. The molecule has 3 amide bonds. The predicted molar refractivity (Wildman–Crippen MR) is 82.1 cm³/mol. The van der Waals surface area contributed by atoms with Crippen LogP contribution in [-0.4, -0.2) is 34.0 Å². The van der Waals surface area contributed by atoms with E-state index in [4.69, 9.17) is 0 Å². The molecule has 1 saturated carbocycles. The molecule has 0 aromatic heterocycles. The number of carbonyl (C=O) groups excluding carboxylic acids is 2. The molecule has 118 valence electrons. The molecule has 1 aromatic rings. The standard InChI is InChI=1S/C17H22N2O3/c20-14(13-8-4-3-5-9-13)12-19-15(21)17(18-16(19)22)10-6-1-2-7-11-17/h3-5,8-9,14,20H,1-2,6-7,10-12H2,(H,18,22)/t14-/m0/s1. The molecular formula is C17H22N2O3. The maximum atomic E-state index is 12.7. The summed E-state index contributed by atoms with van der Waals surface area (Å²) in [7, 11) is 0. The zero-order valence-corrected chi connectivity index (χ0v) is 12.6. The van der Waals surface area contributed by atoms with Crippen molar-refractivity contribution in [1.29, 1.82) is 0 Å². The highest BCUT2D eigenvalue weighted by molar-refractivity contribution is 6.07. The maximum Gasteiger partial charge on any atom is 0.325 e. The van der Waals surface area contributed by atoms with Crippen LogP contribution in [0.1, 0.15) is 50.2 Å². The van der Waals surface area contributed by atoms with Gasteiger partial charge in [-0.2, -0.15) is 0 Å². The van der Waals surface area contributed by atoms with Gasteiger partial charge in [-0.15, -0.1) is 0 Å². The van der Waals surface area contributed by atoms with Gasteiger partial charge in [-0.1, -0.05) is 56.0 Å². The maximum absolute atomic E-state index is 12.7. The zero-order chi connectivity index (χ0) is 15.6. The SMILES string of the molecule is O=C1NC2(CCCCCC2)C(=O)N1C[C@H](O)c1ccccc1. The Morgan fingerprint density at radius 3 is 2.36 bits per heavy atom. The molecule has 5 nitrogen and oxygen atoms in total. The van der Waals surface area contributed by atoms with Crippen molar-refractivity contribution in [2.75, 3.05) is 6.54 Å². The van der Waals surface area contributed by atoms with Crippen LogP contribution in [0.15, 0.2) is 30.3 Å². The van der Waals surface area contributed by atoms with Gasteiger partial charge in [0.1, 0.15) is 5.54 Å². The summed E-state index contributed by atoms with van der Waals surface area (Å²) in [6.07, 6.45) is 4.69. The number of aliphatic hydroxyl groups is 1. The third-order valence-electron chi connectivity index (χ3n) is 4.74. The van der Waals surface area contributed by atoms with E-state index in [1.54, 1.807) is 12.1 Å². The second-order valence-corrected chi connectivity index (χ2v) is 6.27. The van der Waals surface area contributed by atoms with Crippen LogP contribution in [0.4, 0.5) is 4.79 Å². The third-order valence-corrected chi connectivity index (χ3v) is 4.74. The summed E-state index contributed by atoms with van der Waals surface area (Å²) in [5.74, 6) is -0.172. The summed E-state index contributed by atoms with van der Waals surface area (Å²) in [5.41, 5.74) is -0.0193. The number of urea groups is 1. The lowest BCUT2D eigenvalue weighted by Gasteiger charge is -2.25. The highest BCUT2D eigenvalue weighted by atomic mass is 16.3. The van der Waals surface area contributed by atoms with Crippen molar-refractivity contribution in [3.63, 3.8) is 0 Å². The number of carbonyl (C=O) groups is 2. The van der Waals surface area contributed by atoms with Crippen molar-refractivity contribution in [3.05, 3.63) is 35.9 Å². The van der Waals surface area contributed by atoms with E-state index in [1.807, 2.05) is 18.2 Å². The molecule has 0 bridgehead atoms. The van der Waals surface area contributed by atoms with Crippen molar-refractivity contribution >= 4 is 11.9 Å². The number of nitrogens with zero attached hydrogens (tertiary/aromatic N) is 1. The van der Waals surface area contributed by atoms with Crippen LogP contribution in [-0.2, 0) is 4.79 Å². The zero-order valence-electron chi connectivity index (χ0n) is 12.6. The van der Waals surface area contributed by atoms with Crippen LogP contribution in [0.3, 0.4) is 0 Å². The average Bonchev–Trinajstić information content (AvgIpc) is 2.72. The predicted octanol–water partition coefficient (Wildman–Crippen LogP) is 2.36. The molecule has 1 heterocycles. The summed E-state index contributed by atoms with van der Waals surface area (Å²) >= 11 is 0. The number of benzene rings is 1. The highest BCUT2D eigenvalue weighted by Crippen LogP contribution is 2.33. The van der Waals surface area contributed by atoms with Gasteiger partial charge in [0.2, 0.25) is 0 Å². The Morgan fingerprint density at radius 1 is 1.09 bits per heavy atom. The first-order valence-electron chi connectivity index (χ1n) is 7.99. The number of hydrogen-bond donors (Lipinski definition) is 2. The third kappa shape index (κ3) is 2.73. The molecule has 2 N–H and O–H groups in total. The molecule has 1 saturated heterocycles. The van der Waals surface area contributed by atoms with E-state index in [9.17, 15) is 14.7 Å². The van der Waals surface area contributed by atoms with Crippen molar-refractivity contribution in [2.24, 2.45) is 0 Å². The number of imide groups is 1. The molecule has 2 aliphatic rings. The van der Waals surface area contributed by atoms with Gasteiger partial charge in [0.05, 0.1) is 12.6 Å². The van der Waals surface area contributed by atoms with Crippen LogP contribution in [0.2, 0.25) is 0 Å². The Morgan fingerprint density at radius 2 is 1.73 bits per heavy atom. The molecule has 1 aliphatic heterocycles. The molecule has 1 spiro atoms. The Bertz CT molecular complexity index is 550. The molecule has 1 aromatic carbocycles. The molecule has 1 aliphatic carbocycles. The number of amides is 3. The Kier molecular flexibility index (Phi) is 4.16. The Labute approximate surface area is 130 Å². The fourth-order valence-electron chi connectivity index (χ4n) is 3.47. The second kappa shape index (κ2) is 6.08. The number of nitrogens with one attached hydrogen (secondary N) is 1. The smallest absolute Gasteiger partial charge is 0.325 e. The first-order valence-corrected chi connectivity index (χ1v) is 7.99. The lowest BCUT2D eigenvalue weighted by Crippen LogP contribution is -2.46. The molecule has 3 rings (SSSR count). The number of hydrogen-bond acceptors (Lipinski definition) is 3. The summed E-state index contributed by atoms with van der Waals surface area (Å²) in [6, 6.07) is 8.75. The monoisotopic (exact) mass is 302 g/mol. The minimum absolute atomic E-state index is 0.0103. The first-order chi connectivity index (χ1) is 10.6. The van der Waals surface area contributed by atoms with Gasteiger partial charge in [0.25, 0.3) is 5.91 Å². The lowest BCUT2D eigenvalue weighted by molar-refractivity contribution is -0.132. The summed E-state index contributed by atoms with van der Waals surface area (Å²) < 4.78 is 0. The van der Waals surface area contributed by atoms with E-state index in [2.05, 4.69) is 5.32 Å². The molecular weight excluding hydrogens is 280 g/mol. The van der Waals surface area contributed by atoms with Gasteiger partial charge >= 0.3 is 6.03 Å². The fourth-order valence-corrected chi connectivity index (χ4v) is 3.47. The van der Waals surface area contributed by atoms with Crippen LogP contribution >= 0.6 is 0 Å². The van der Waals surface area contributed by atoms with Crippen molar-refractivity contribution in [1.82, 2.24) is 10.2 Å². The quantitative estimate of drug-likeness (QED) is 0.842. The van der Waals surface area contributed by atoms with Gasteiger partial charge < -0.3 is 10.4 Å². The molecule has 0 unspecified atom stereocenters. The molecule has 22 heavy (non-hydrogen) atoms. The minimum Gasteiger partial charge on any atom is -0.387 e.